The van der Waals surface area contributed by atoms with Crippen LogP contribution in [0.5, 0.6) is 0 Å². The predicted molar refractivity (Wildman–Crippen MR) is 101 cm³/mol. The maximum Gasteiger partial charge on any atom is 0.253 e. The summed E-state index contributed by atoms with van der Waals surface area (Å²) in [6, 6.07) is 7.61. The molecule has 0 aliphatic carbocycles. The summed E-state index contributed by atoms with van der Waals surface area (Å²) in [6.45, 7) is 8.63. The van der Waals surface area contributed by atoms with Gasteiger partial charge >= 0.3 is 0 Å². The molecule has 2 aromatic rings. The van der Waals surface area contributed by atoms with Crippen LogP contribution in [0.3, 0.4) is 0 Å². The van der Waals surface area contributed by atoms with Gasteiger partial charge in [0, 0.05) is 31.7 Å². The Labute approximate surface area is 160 Å². The van der Waals surface area contributed by atoms with Gasteiger partial charge in [-0.3, -0.25) is 4.79 Å². The first-order valence-electron chi connectivity index (χ1n) is 9.04. The van der Waals surface area contributed by atoms with Crippen LogP contribution in [0.15, 0.2) is 33.7 Å². The van der Waals surface area contributed by atoms with Gasteiger partial charge in [-0.05, 0) is 37.5 Å². The second kappa shape index (κ2) is 7.44. The molecule has 1 amide bonds. The average Bonchev–Trinajstić information content (AvgIpc) is 3.00. The first-order valence-corrected chi connectivity index (χ1v) is 10.5. The zero-order valence-electron chi connectivity index (χ0n) is 16.1. The molecule has 0 spiro atoms. The lowest BCUT2D eigenvalue weighted by molar-refractivity contribution is 0.0697. The number of carbonyl (C=O) groups is 1. The highest BCUT2D eigenvalue weighted by Crippen LogP contribution is 2.24. The summed E-state index contributed by atoms with van der Waals surface area (Å²) in [4.78, 5) is 14.5. The molecule has 8 heteroatoms. The molecule has 0 unspecified atom stereocenters. The number of hydrogen-bond donors (Lipinski definition) is 0. The number of nitrogens with zero attached hydrogens (tertiary/aromatic N) is 3. The van der Waals surface area contributed by atoms with E-state index in [-0.39, 0.29) is 29.7 Å². The second-order valence-corrected chi connectivity index (χ2v) is 9.00. The molecule has 7 nitrogen and oxygen atoms in total. The lowest BCUT2D eigenvalue weighted by Crippen LogP contribution is -2.50. The minimum Gasteiger partial charge on any atom is -0.360 e. The standard InChI is InChI=1S/C19H25N3O4S/c1-13(2)16-5-7-17(8-6-16)19(23)21-9-11-22(12-10-21)27(24,25)18-14(3)20-26-15(18)4/h5-8,13H,9-12H2,1-4H3. The number of hydrogen-bond acceptors (Lipinski definition) is 5. The largest absolute Gasteiger partial charge is 0.360 e. The lowest BCUT2D eigenvalue weighted by atomic mass is 10.0. The van der Waals surface area contributed by atoms with Crippen molar-refractivity contribution in [2.24, 2.45) is 0 Å². The quantitative estimate of drug-likeness (QED) is 0.800. The van der Waals surface area contributed by atoms with Gasteiger partial charge in [-0.1, -0.05) is 31.1 Å². The molecule has 1 saturated heterocycles. The molecule has 0 saturated carbocycles. The Kier molecular flexibility index (Phi) is 5.39. The molecule has 3 rings (SSSR count). The van der Waals surface area contributed by atoms with Gasteiger partial charge in [-0.2, -0.15) is 4.31 Å². The van der Waals surface area contributed by atoms with Crippen molar-refractivity contribution in [1.29, 1.82) is 0 Å². The molecule has 1 fully saturated rings. The highest BCUT2D eigenvalue weighted by molar-refractivity contribution is 7.89. The predicted octanol–water partition coefficient (Wildman–Crippen LogP) is 2.56. The Morgan fingerprint density at radius 1 is 1.07 bits per heavy atom. The van der Waals surface area contributed by atoms with Crippen LogP contribution in [-0.4, -0.2) is 54.9 Å². The Morgan fingerprint density at radius 2 is 1.67 bits per heavy atom. The van der Waals surface area contributed by atoms with Gasteiger partial charge in [0.25, 0.3) is 5.91 Å². The van der Waals surface area contributed by atoms with Crippen molar-refractivity contribution in [1.82, 2.24) is 14.4 Å². The highest BCUT2D eigenvalue weighted by atomic mass is 32.2. The number of rotatable bonds is 4. The minimum absolute atomic E-state index is 0.0697. The number of aryl methyl sites for hydroxylation is 2. The third-order valence-corrected chi connectivity index (χ3v) is 7.06. The Balaban J connectivity index is 1.69. The van der Waals surface area contributed by atoms with E-state index in [1.54, 1.807) is 18.7 Å². The van der Waals surface area contributed by atoms with Crippen LogP contribution >= 0.6 is 0 Å². The fourth-order valence-electron chi connectivity index (χ4n) is 3.30. The molecule has 0 radical (unpaired) electrons. The first kappa shape index (κ1) is 19.6. The molecule has 0 N–H and O–H groups in total. The molecular formula is C19H25N3O4S. The number of amides is 1. The number of piperazine rings is 1. The van der Waals surface area contributed by atoms with E-state index in [0.717, 1.165) is 0 Å². The zero-order valence-corrected chi connectivity index (χ0v) is 16.9. The summed E-state index contributed by atoms with van der Waals surface area (Å²) in [7, 11) is -3.67. The highest BCUT2D eigenvalue weighted by Gasteiger charge is 2.34. The van der Waals surface area contributed by atoms with Crippen molar-refractivity contribution in [2.75, 3.05) is 26.2 Å². The molecule has 146 valence electrons. The van der Waals surface area contributed by atoms with Gasteiger partial charge in [-0.25, -0.2) is 8.42 Å². The molecular weight excluding hydrogens is 366 g/mol. The van der Waals surface area contributed by atoms with Crippen LogP contribution in [0, 0.1) is 13.8 Å². The van der Waals surface area contributed by atoms with E-state index < -0.39 is 10.0 Å². The monoisotopic (exact) mass is 391 g/mol. The van der Waals surface area contributed by atoms with Gasteiger partial charge in [0.1, 0.15) is 10.6 Å². The van der Waals surface area contributed by atoms with Crippen LogP contribution < -0.4 is 0 Å². The third-order valence-electron chi connectivity index (χ3n) is 4.92. The molecule has 0 atom stereocenters. The van der Waals surface area contributed by atoms with Crippen molar-refractivity contribution >= 4 is 15.9 Å². The van der Waals surface area contributed by atoms with E-state index in [1.807, 2.05) is 24.3 Å². The van der Waals surface area contributed by atoms with E-state index in [0.29, 0.717) is 30.3 Å². The first-order chi connectivity index (χ1) is 12.7. The molecule has 1 aromatic heterocycles. The van der Waals surface area contributed by atoms with E-state index in [1.165, 1.54) is 9.87 Å². The summed E-state index contributed by atoms with van der Waals surface area (Å²) in [6.07, 6.45) is 0. The maximum atomic E-state index is 12.9. The number of sulfonamides is 1. The number of carbonyl (C=O) groups excluding carboxylic acids is 1. The number of benzene rings is 1. The summed E-state index contributed by atoms with van der Waals surface area (Å²) in [5, 5.41) is 3.73. The van der Waals surface area contributed by atoms with Gasteiger partial charge in [0.2, 0.25) is 10.0 Å². The Hall–Kier alpha value is -2.19. The topological polar surface area (TPSA) is 83.7 Å². The van der Waals surface area contributed by atoms with Gasteiger partial charge < -0.3 is 9.42 Å². The second-order valence-electron chi connectivity index (χ2n) is 7.13. The van der Waals surface area contributed by atoms with E-state index in [2.05, 4.69) is 19.0 Å². The van der Waals surface area contributed by atoms with Crippen molar-refractivity contribution in [3.63, 3.8) is 0 Å². The molecule has 1 aliphatic rings. The van der Waals surface area contributed by atoms with Crippen LogP contribution in [0.25, 0.3) is 0 Å². The molecule has 2 heterocycles. The van der Waals surface area contributed by atoms with Crippen LogP contribution in [-0.2, 0) is 10.0 Å². The van der Waals surface area contributed by atoms with Crippen molar-refractivity contribution in [3.05, 3.63) is 46.8 Å². The lowest BCUT2D eigenvalue weighted by Gasteiger charge is -2.34. The molecule has 1 aliphatic heterocycles. The molecule has 1 aromatic carbocycles. The van der Waals surface area contributed by atoms with E-state index >= 15 is 0 Å². The molecule has 0 bridgehead atoms. The van der Waals surface area contributed by atoms with Crippen LogP contribution in [0.1, 0.15) is 47.1 Å². The SMILES string of the molecule is Cc1noc(C)c1S(=O)(=O)N1CCN(C(=O)c2ccc(C(C)C)cc2)CC1. The fraction of sp³-hybridized carbons (Fsp3) is 0.474. The third kappa shape index (κ3) is 3.77. The minimum atomic E-state index is -3.67. The van der Waals surface area contributed by atoms with Crippen molar-refractivity contribution in [2.45, 2.75) is 38.5 Å². The summed E-state index contributed by atoms with van der Waals surface area (Å²) >= 11 is 0. The van der Waals surface area contributed by atoms with Crippen molar-refractivity contribution < 1.29 is 17.7 Å². The number of aromatic nitrogens is 1. The van der Waals surface area contributed by atoms with Gasteiger partial charge in [0.05, 0.1) is 0 Å². The van der Waals surface area contributed by atoms with Crippen molar-refractivity contribution in [3.8, 4) is 0 Å². The summed E-state index contributed by atoms with van der Waals surface area (Å²) < 4.78 is 32.1. The van der Waals surface area contributed by atoms with E-state index in [4.69, 9.17) is 4.52 Å². The fourth-order valence-corrected chi connectivity index (χ4v) is 5.01. The maximum absolute atomic E-state index is 12.9. The average molecular weight is 391 g/mol. The van der Waals surface area contributed by atoms with Gasteiger partial charge in [-0.15, -0.1) is 0 Å². The Bertz CT molecular complexity index is 905. The zero-order chi connectivity index (χ0) is 19.8. The van der Waals surface area contributed by atoms with Crippen LogP contribution in [0.2, 0.25) is 0 Å². The van der Waals surface area contributed by atoms with E-state index in [9.17, 15) is 13.2 Å². The van der Waals surface area contributed by atoms with Gasteiger partial charge in [0.15, 0.2) is 5.76 Å². The summed E-state index contributed by atoms with van der Waals surface area (Å²) in [5.41, 5.74) is 2.17. The summed E-state index contributed by atoms with van der Waals surface area (Å²) in [5.74, 6) is 0.628. The smallest absolute Gasteiger partial charge is 0.253 e. The van der Waals surface area contributed by atoms with Crippen LogP contribution in [0.4, 0.5) is 0 Å². The Morgan fingerprint density at radius 3 is 2.15 bits per heavy atom. The molecule has 27 heavy (non-hydrogen) atoms. The normalized spacial score (nSPS) is 16.1.